The summed E-state index contributed by atoms with van der Waals surface area (Å²) in [6.07, 6.45) is 3.03. The Labute approximate surface area is 120 Å². The first-order chi connectivity index (χ1) is 9.19. The Kier molecular flexibility index (Phi) is 3.90. The lowest BCUT2D eigenvalue weighted by atomic mass is 9.63. The Balaban J connectivity index is 2.10. The molecule has 1 aliphatic carbocycles. The summed E-state index contributed by atoms with van der Waals surface area (Å²) in [4.78, 5) is 12.2. The van der Waals surface area contributed by atoms with E-state index >= 15 is 0 Å². The van der Waals surface area contributed by atoms with E-state index in [0.717, 1.165) is 19.3 Å². The van der Waals surface area contributed by atoms with Crippen molar-refractivity contribution < 1.29 is 9.18 Å². The first-order valence-electron chi connectivity index (χ1n) is 7.24. The average molecular weight is 277 g/mol. The molecular weight excluding hydrogens is 253 g/mol. The van der Waals surface area contributed by atoms with Crippen molar-refractivity contribution in [2.45, 2.75) is 53.0 Å². The predicted molar refractivity (Wildman–Crippen MR) is 79.1 cm³/mol. The van der Waals surface area contributed by atoms with Gasteiger partial charge in [0, 0.05) is 6.04 Å². The molecule has 0 heterocycles. The van der Waals surface area contributed by atoms with E-state index in [1.54, 1.807) is 12.1 Å². The lowest BCUT2D eigenvalue weighted by Crippen LogP contribution is -2.46. The van der Waals surface area contributed by atoms with Crippen molar-refractivity contribution in [3.05, 3.63) is 35.6 Å². The summed E-state index contributed by atoms with van der Waals surface area (Å²) in [5, 5.41) is 3.01. The second-order valence-electron chi connectivity index (χ2n) is 7.56. The van der Waals surface area contributed by atoms with Crippen LogP contribution in [0.3, 0.4) is 0 Å². The van der Waals surface area contributed by atoms with Crippen molar-refractivity contribution in [2.24, 2.45) is 10.8 Å². The standard InChI is InChI=1S/C17H24FNO/c1-16(2)9-12(10-17(3,4)11-16)19-15(20)13-7-5-6-8-14(13)18/h5-8,12H,9-11H2,1-4H3,(H,19,20). The maximum atomic E-state index is 13.6. The zero-order chi connectivity index (χ0) is 15.0. The minimum absolute atomic E-state index is 0.112. The van der Waals surface area contributed by atoms with Gasteiger partial charge in [0.2, 0.25) is 0 Å². The molecule has 1 saturated carbocycles. The molecule has 1 amide bonds. The van der Waals surface area contributed by atoms with Gasteiger partial charge in [0.25, 0.3) is 5.91 Å². The fraction of sp³-hybridized carbons (Fsp3) is 0.588. The highest BCUT2D eigenvalue weighted by molar-refractivity contribution is 5.94. The monoisotopic (exact) mass is 277 g/mol. The molecule has 0 saturated heterocycles. The predicted octanol–water partition coefficient (Wildman–Crippen LogP) is 4.16. The third kappa shape index (κ3) is 3.59. The van der Waals surface area contributed by atoms with E-state index in [0.29, 0.717) is 0 Å². The van der Waals surface area contributed by atoms with E-state index in [-0.39, 0.29) is 28.3 Å². The van der Waals surface area contributed by atoms with Crippen molar-refractivity contribution in [1.29, 1.82) is 0 Å². The van der Waals surface area contributed by atoms with Gasteiger partial charge in [-0.3, -0.25) is 4.79 Å². The van der Waals surface area contributed by atoms with Gasteiger partial charge in [0.15, 0.2) is 0 Å². The molecule has 3 heteroatoms. The summed E-state index contributed by atoms with van der Waals surface area (Å²) in [6.45, 7) is 8.93. The van der Waals surface area contributed by atoms with E-state index in [1.165, 1.54) is 12.1 Å². The van der Waals surface area contributed by atoms with Gasteiger partial charge in [-0.1, -0.05) is 39.8 Å². The topological polar surface area (TPSA) is 29.1 Å². The van der Waals surface area contributed by atoms with E-state index < -0.39 is 5.82 Å². The SMILES string of the molecule is CC1(C)CC(NC(=O)c2ccccc2F)CC(C)(C)C1. The van der Waals surface area contributed by atoms with Crippen molar-refractivity contribution in [3.8, 4) is 0 Å². The molecule has 110 valence electrons. The van der Waals surface area contributed by atoms with Crippen LogP contribution in [-0.2, 0) is 0 Å². The van der Waals surface area contributed by atoms with Crippen LogP contribution in [-0.4, -0.2) is 11.9 Å². The van der Waals surface area contributed by atoms with Gasteiger partial charge in [-0.2, -0.15) is 0 Å². The zero-order valence-corrected chi connectivity index (χ0v) is 12.8. The number of rotatable bonds is 2. The Bertz CT molecular complexity index is 491. The first-order valence-corrected chi connectivity index (χ1v) is 7.24. The largest absolute Gasteiger partial charge is 0.349 e. The summed E-state index contributed by atoms with van der Waals surface area (Å²) < 4.78 is 13.6. The van der Waals surface area contributed by atoms with Crippen LogP contribution in [0.25, 0.3) is 0 Å². The Morgan fingerprint density at radius 3 is 2.25 bits per heavy atom. The highest BCUT2D eigenvalue weighted by Crippen LogP contribution is 2.45. The van der Waals surface area contributed by atoms with Gasteiger partial charge in [-0.05, 0) is 42.2 Å². The van der Waals surface area contributed by atoms with Gasteiger partial charge < -0.3 is 5.32 Å². The molecule has 0 atom stereocenters. The highest BCUT2D eigenvalue weighted by Gasteiger charge is 2.39. The van der Waals surface area contributed by atoms with Crippen LogP contribution in [0, 0.1) is 16.6 Å². The highest BCUT2D eigenvalue weighted by atomic mass is 19.1. The van der Waals surface area contributed by atoms with Crippen LogP contribution < -0.4 is 5.32 Å². The normalized spacial score (nSPS) is 21.4. The van der Waals surface area contributed by atoms with Gasteiger partial charge >= 0.3 is 0 Å². The van der Waals surface area contributed by atoms with E-state index in [2.05, 4.69) is 33.0 Å². The fourth-order valence-electron chi connectivity index (χ4n) is 3.86. The van der Waals surface area contributed by atoms with Crippen LogP contribution in [0.4, 0.5) is 4.39 Å². The first kappa shape index (κ1) is 15.0. The molecule has 0 bridgehead atoms. The molecule has 2 rings (SSSR count). The lowest BCUT2D eigenvalue weighted by Gasteiger charge is -2.45. The summed E-state index contributed by atoms with van der Waals surface area (Å²) in [5.74, 6) is -0.763. The molecule has 2 nitrogen and oxygen atoms in total. The molecule has 0 aromatic heterocycles. The molecule has 1 aromatic rings. The summed E-state index contributed by atoms with van der Waals surface area (Å²) in [5.41, 5.74) is 0.540. The molecule has 0 aliphatic heterocycles. The number of amides is 1. The van der Waals surface area contributed by atoms with Crippen molar-refractivity contribution >= 4 is 5.91 Å². The smallest absolute Gasteiger partial charge is 0.254 e. The van der Waals surface area contributed by atoms with Crippen molar-refractivity contribution in [1.82, 2.24) is 5.32 Å². The summed E-state index contributed by atoms with van der Waals surface area (Å²) in [6, 6.07) is 6.25. The van der Waals surface area contributed by atoms with Crippen LogP contribution in [0.1, 0.15) is 57.3 Å². The second kappa shape index (κ2) is 5.19. The molecule has 20 heavy (non-hydrogen) atoms. The number of carbonyl (C=O) groups is 1. The van der Waals surface area contributed by atoms with Gasteiger partial charge in [0.1, 0.15) is 5.82 Å². The van der Waals surface area contributed by atoms with E-state index in [1.807, 2.05) is 0 Å². The Morgan fingerprint density at radius 1 is 1.15 bits per heavy atom. The van der Waals surface area contributed by atoms with Crippen LogP contribution in [0.2, 0.25) is 0 Å². The molecule has 1 aliphatic rings. The summed E-state index contributed by atoms with van der Waals surface area (Å²) in [7, 11) is 0. The minimum atomic E-state index is -0.459. The molecule has 0 unspecified atom stereocenters. The molecule has 0 spiro atoms. The Morgan fingerprint density at radius 2 is 1.70 bits per heavy atom. The maximum absolute atomic E-state index is 13.6. The average Bonchev–Trinajstić information content (AvgIpc) is 2.24. The number of carbonyl (C=O) groups excluding carboxylic acids is 1. The summed E-state index contributed by atoms with van der Waals surface area (Å²) >= 11 is 0. The lowest BCUT2D eigenvalue weighted by molar-refractivity contribution is 0.0711. The van der Waals surface area contributed by atoms with E-state index in [9.17, 15) is 9.18 Å². The fourth-order valence-corrected chi connectivity index (χ4v) is 3.86. The van der Waals surface area contributed by atoms with Crippen LogP contribution in [0.5, 0.6) is 0 Å². The molecule has 1 aromatic carbocycles. The van der Waals surface area contributed by atoms with Gasteiger partial charge in [0.05, 0.1) is 5.56 Å². The number of nitrogens with one attached hydrogen (secondary N) is 1. The minimum Gasteiger partial charge on any atom is -0.349 e. The Hall–Kier alpha value is -1.38. The molecule has 1 fully saturated rings. The van der Waals surface area contributed by atoms with Gasteiger partial charge in [-0.25, -0.2) is 4.39 Å². The maximum Gasteiger partial charge on any atom is 0.254 e. The van der Waals surface area contributed by atoms with Crippen molar-refractivity contribution in [2.75, 3.05) is 0 Å². The third-order valence-corrected chi connectivity index (χ3v) is 4.01. The zero-order valence-electron chi connectivity index (χ0n) is 12.8. The van der Waals surface area contributed by atoms with E-state index in [4.69, 9.17) is 0 Å². The van der Waals surface area contributed by atoms with Crippen molar-refractivity contribution in [3.63, 3.8) is 0 Å². The molecule has 1 N–H and O–H groups in total. The number of hydrogen-bond donors (Lipinski definition) is 1. The molecular formula is C17H24FNO. The quantitative estimate of drug-likeness (QED) is 0.864. The second-order valence-corrected chi connectivity index (χ2v) is 7.56. The third-order valence-electron chi connectivity index (χ3n) is 4.01. The number of benzene rings is 1. The number of halogens is 1. The van der Waals surface area contributed by atoms with Crippen LogP contribution >= 0.6 is 0 Å². The van der Waals surface area contributed by atoms with Gasteiger partial charge in [-0.15, -0.1) is 0 Å². The molecule has 0 radical (unpaired) electrons. The number of hydrogen-bond acceptors (Lipinski definition) is 1. The van der Waals surface area contributed by atoms with Crippen LogP contribution in [0.15, 0.2) is 24.3 Å².